The molecule has 1 aromatic rings. The smallest absolute Gasteiger partial charge is 0.302 e. The molecule has 1 aliphatic heterocycles. The fourth-order valence-corrected chi connectivity index (χ4v) is 1.87. The molecule has 10 nitrogen and oxygen atoms in total. The second-order valence-corrected chi connectivity index (χ2v) is 4.86. The predicted octanol–water partition coefficient (Wildman–Crippen LogP) is -0.283. The van der Waals surface area contributed by atoms with E-state index in [1.54, 1.807) is 11.1 Å². The Hall–Kier alpha value is -2.62. The molecule has 1 aliphatic rings. The zero-order chi connectivity index (χ0) is 16.8. The second-order valence-electron chi connectivity index (χ2n) is 4.86. The summed E-state index contributed by atoms with van der Waals surface area (Å²) in [6, 6.07) is 0. The SMILES string of the molecule is CC(=O)OCC(COC(C)=O)OCN1CNc2cnc(N)nc21. The molecule has 0 fully saturated rings. The first-order valence-corrected chi connectivity index (χ1v) is 6.95. The number of rotatable bonds is 7. The minimum atomic E-state index is -0.578. The van der Waals surface area contributed by atoms with Crippen LogP contribution in [0.2, 0.25) is 0 Å². The van der Waals surface area contributed by atoms with Gasteiger partial charge in [-0.1, -0.05) is 0 Å². The molecule has 0 amide bonds. The Balaban J connectivity index is 1.91. The van der Waals surface area contributed by atoms with Crippen molar-refractivity contribution in [1.29, 1.82) is 0 Å². The number of carbonyl (C=O) groups is 2. The number of aromatic nitrogens is 2. The van der Waals surface area contributed by atoms with E-state index in [1.807, 2.05) is 0 Å². The van der Waals surface area contributed by atoms with Gasteiger partial charge in [-0.3, -0.25) is 9.59 Å². The molecule has 0 atom stereocenters. The van der Waals surface area contributed by atoms with Gasteiger partial charge in [0.25, 0.3) is 0 Å². The maximum atomic E-state index is 10.9. The van der Waals surface area contributed by atoms with Crippen molar-refractivity contribution in [3.8, 4) is 0 Å². The summed E-state index contributed by atoms with van der Waals surface area (Å²) in [6.45, 7) is 3.20. The zero-order valence-corrected chi connectivity index (χ0v) is 12.9. The van der Waals surface area contributed by atoms with E-state index in [0.717, 1.165) is 5.69 Å². The molecule has 0 bridgehead atoms. The lowest BCUT2D eigenvalue weighted by atomic mass is 10.4. The van der Waals surface area contributed by atoms with Gasteiger partial charge in [-0.2, -0.15) is 4.98 Å². The van der Waals surface area contributed by atoms with Crippen molar-refractivity contribution < 1.29 is 23.8 Å². The first-order chi connectivity index (χ1) is 11.0. The molecule has 10 heteroatoms. The van der Waals surface area contributed by atoms with Gasteiger partial charge in [0.2, 0.25) is 5.95 Å². The average Bonchev–Trinajstić information content (AvgIpc) is 2.88. The van der Waals surface area contributed by atoms with E-state index in [9.17, 15) is 9.59 Å². The maximum Gasteiger partial charge on any atom is 0.302 e. The van der Waals surface area contributed by atoms with E-state index in [4.69, 9.17) is 19.9 Å². The van der Waals surface area contributed by atoms with E-state index in [-0.39, 0.29) is 25.9 Å². The Morgan fingerprint density at radius 1 is 1.35 bits per heavy atom. The molecule has 0 radical (unpaired) electrons. The number of hydrogen-bond donors (Lipinski definition) is 2. The first-order valence-electron chi connectivity index (χ1n) is 6.95. The number of nitrogens with two attached hydrogens (primary N) is 1. The number of nitrogens with zero attached hydrogens (tertiary/aromatic N) is 3. The lowest BCUT2D eigenvalue weighted by molar-refractivity contribution is -0.152. The summed E-state index contributed by atoms with van der Waals surface area (Å²) in [4.78, 5) is 31.7. The Morgan fingerprint density at radius 2 is 2.00 bits per heavy atom. The minimum Gasteiger partial charge on any atom is -0.463 e. The number of carbonyl (C=O) groups excluding carboxylic acids is 2. The number of fused-ring (bicyclic) bond motifs is 1. The molecule has 23 heavy (non-hydrogen) atoms. The summed E-state index contributed by atoms with van der Waals surface area (Å²) in [6.07, 6.45) is 1.01. The Labute approximate surface area is 132 Å². The molecule has 1 aromatic heterocycles. The van der Waals surface area contributed by atoms with Gasteiger partial charge < -0.3 is 30.2 Å². The number of nitrogens with one attached hydrogen (secondary N) is 1. The summed E-state index contributed by atoms with van der Waals surface area (Å²) >= 11 is 0. The van der Waals surface area contributed by atoms with Gasteiger partial charge in [0.1, 0.15) is 26.0 Å². The molecular formula is C13H19N5O5. The standard InChI is InChI=1S/C13H19N5O5/c1-8(19)21-4-10(5-22-9(2)20)23-7-18-6-16-11-3-15-13(14)17-12(11)18/h3,10,16H,4-7H2,1-2H3,(H2,14,15,17). The number of esters is 2. The van der Waals surface area contributed by atoms with Gasteiger partial charge in [-0.05, 0) is 0 Å². The molecule has 0 spiro atoms. The van der Waals surface area contributed by atoms with E-state index in [0.29, 0.717) is 12.5 Å². The highest BCUT2D eigenvalue weighted by Crippen LogP contribution is 2.28. The Bertz CT molecular complexity index is 564. The fourth-order valence-electron chi connectivity index (χ4n) is 1.87. The highest BCUT2D eigenvalue weighted by atomic mass is 16.6. The molecule has 0 saturated carbocycles. The van der Waals surface area contributed by atoms with Crippen LogP contribution in [0.15, 0.2) is 6.20 Å². The normalized spacial score (nSPS) is 12.7. The van der Waals surface area contributed by atoms with Gasteiger partial charge in [0, 0.05) is 13.8 Å². The van der Waals surface area contributed by atoms with Crippen molar-refractivity contribution in [2.24, 2.45) is 0 Å². The van der Waals surface area contributed by atoms with Crippen LogP contribution in [0.4, 0.5) is 17.5 Å². The highest BCUT2D eigenvalue weighted by molar-refractivity contribution is 5.70. The molecule has 0 saturated heterocycles. The van der Waals surface area contributed by atoms with Crippen molar-refractivity contribution >= 4 is 29.4 Å². The summed E-state index contributed by atoms with van der Waals surface area (Å²) in [5, 5.41) is 3.10. The second kappa shape index (κ2) is 7.58. The lowest BCUT2D eigenvalue weighted by Gasteiger charge is -2.22. The predicted molar refractivity (Wildman–Crippen MR) is 80.4 cm³/mol. The van der Waals surface area contributed by atoms with Crippen LogP contribution in [0.1, 0.15) is 13.8 Å². The quantitative estimate of drug-likeness (QED) is 0.645. The van der Waals surface area contributed by atoms with Gasteiger partial charge in [0.05, 0.1) is 18.6 Å². The van der Waals surface area contributed by atoms with Crippen LogP contribution >= 0.6 is 0 Å². The topological polar surface area (TPSA) is 129 Å². The first kappa shape index (κ1) is 16.7. The van der Waals surface area contributed by atoms with E-state index in [1.165, 1.54) is 13.8 Å². The van der Waals surface area contributed by atoms with Gasteiger partial charge >= 0.3 is 11.9 Å². The largest absolute Gasteiger partial charge is 0.463 e. The third-order valence-corrected chi connectivity index (χ3v) is 2.96. The van der Waals surface area contributed by atoms with Crippen LogP contribution in [-0.2, 0) is 23.8 Å². The summed E-state index contributed by atoms with van der Waals surface area (Å²) < 4.78 is 15.5. The Kier molecular flexibility index (Phi) is 5.52. The van der Waals surface area contributed by atoms with Crippen LogP contribution in [0.3, 0.4) is 0 Å². The van der Waals surface area contributed by atoms with Gasteiger partial charge in [-0.15, -0.1) is 0 Å². The number of anilines is 3. The Morgan fingerprint density at radius 3 is 2.61 bits per heavy atom. The van der Waals surface area contributed by atoms with Crippen LogP contribution < -0.4 is 16.0 Å². The van der Waals surface area contributed by atoms with Crippen LogP contribution in [-0.4, -0.2) is 54.6 Å². The third-order valence-electron chi connectivity index (χ3n) is 2.96. The molecule has 3 N–H and O–H groups in total. The fraction of sp³-hybridized carbons (Fsp3) is 0.538. The van der Waals surface area contributed by atoms with Crippen LogP contribution in [0.25, 0.3) is 0 Å². The van der Waals surface area contributed by atoms with Crippen molar-refractivity contribution in [2.45, 2.75) is 20.0 Å². The van der Waals surface area contributed by atoms with Crippen LogP contribution in [0, 0.1) is 0 Å². The average molecular weight is 325 g/mol. The van der Waals surface area contributed by atoms with Gasteiger partial charge in [0.15, 0.2) is 5.82 Å². The van der Waals surface area contributed by atoms with Crippen molar-refractivity contribution in [3.63, 3.8) is 0 Å². The molecule has 0 aliphatic carbocycles. The minimum absolute atomic E-state index is 0.0113. The van der Waals surface area contributed by atoms with E-state index < -0.39 is 18.0 Å². The van der Waals surface area contributed by atoms with Crippen LogP contribution in [0.5, 0.6) is 0 Å². The molecule has 0 aromatic carbocycles. The number of nitrogen functional groups attached to an aromatic ring is 1. The molecule has 2 rings (SSSR count). The number of ether oxygens (including phenoxy) is 3. The number of hydrogen-bond acceptors (Lipinski definition) is 10. The van der Waals surface area contributed by atoms with Crippen molar-refractivity contribution in [2.75, 3.05) is 42.6 Å². The zero-order valence-electron chi connectivity index (χ0n) is 12.9. The monoisotopic (exact) mass is 325 g/mol. The van der Waals surface area contributed by atoms with E-state index >= 15 is 0 Å². The molecule has 2 heterocycles. The van der Waals surface area contributed by atoms with E-state index in [2.05, 4.69) is 15.3 Å². The summed E-state index contributed by atoms with van der Waals surface area (Å²) in [5.41, 5.74) is 6.33. The van der Waals surface area contributed by atoms with Crippen molar-refractivity contribution in [1.82, 2.24) is 9.97 Å². The third kappa shape index (κ3) is 4.95. The van der Waals surface area contributed by atoms with Crippen molar-refractivity contribution in [3.05, 3.63) is 6.20 Å². The van der Waals surface area contributed by atoms with Gasteiger partial charge in [-0.25, -0.2) is 4.98 Å². The maximum absolute atomic E-state index is 10.9. The molecule has 126 valence electrons. The summed E-state index contributed by atoms with van der Waals surface area (Å²) in [7, 11) is 0. The summed E-state index contributed by atoms with van der Waals surface area (Å²) in [5.74, 6) is -0.0877. The molecular weight excluding hydrogens is 306 g/mol. The lowest BCUT2D eigenvalue weighted by Crippen LogP contribution is -2.34. The highest BCUT2D eigenvalue weighted by Gasteiger charge is 2.23. The molecule has 0 unspecified atom stereocenters.